The van der Waals surface area contributed by atoms with Gasteiger partial charge in [-0.2, -0.15) is 0 Å². The molecule has 1 N–H and O–H groups in total. The summed E-state index contributed by atoms with van der Waals surface area (Å²) in [6.45, 7) is 0.830. The molecule has 1 nitrogen and oxygen atoms in total. The third-order valence-corrected chi connectivity index (χ3v) is 3.58. The summed E-state index contributed by atoms with van der Waals surface area (Å²) in [7, 11) is 1.92. The Morgan fingerprint density at radius 3 is 2.42 bits per heavy atom. The predicted molar refractivity (Wildman–Crippen MR) is 78.2 cm³/mol. The second kappa shape index (κ2) is 6.69. The Balaban J connectivity index is 2.21. The molecular formula is C16H17ClFN. The summed E-state index contributed by atoms with van der Waals surface area (Å²) in [5.74, 6) is 0.0789. The van der Waals surface area contributed by atoms with Gasteiger partial charge in [-0.05, 0) is 42.8 Å². The first-order chi connectivity index (χ1) is 9.20. The van der Waals surface area contributed by atoms with E-state index in [9.17, 15) is 4.39 Å². The molecule has 0 spiro atoms. The van der Waals surface area contributed by atoms with Gasteiger partial charge in [0.05, 0.1) is 0 Å². The molecule has 100 valence electrons. The van der Waals surface area contributed by atoms with Crippen molar-refractivity contribution in [3.63, 3.8) is 0 Å². The Labute approximate surface area is 118 Å². The van der Waals surface area contributed by atoms with Crippen molar-refractivity contribution in [1.29, 1.82) is 0 Å². The SMILES string of the molecule is CNCC(Cc1ccccc1Cl)c1ccc(F)cc1. The van der Waals surface area contributed by atoms with Crippen LogP contribution in [0.25, 0.3) is 0 Å². The molecule has 1 atom stereocenters. The normalized spacial score (nSPS) is 12.4. The van der Waals surface area contributed by atoms with E-state index in [0.29, 0.717) is 0 Å². The van der Waals surface area contributed by atoms with Crippen LogP contribution >= 0.6 is 11.6 Å². The molecule has 0 aliphatic rings. The Morgan fingerprint density at radius 2 is 1.79 bits per heavy atom. The topological polar surface area (TPSA) is 12.0 Å². The zero-order valence-electron chi connectivity index (χ0n) is 10.9. The van der Waals surface area contributed by atoms with E-state index in [4.69, 9.17) is 11.6 Å². The van der Waals surface area contributed by atoms with Crippen LogP contribution in [0, 0.1) is 5.82 Å². The van der Waals surface area contributed by atoms with E-state index in [1.165, 1.54) is 12.1 Å². The molecule has 0 saturated carbocycles. The van der Waals surface area contributed by atoms with Gasteiger partial charge in [0.25, 0.3) is 0 Å². The van der Waals surface area contributed by atoms with Crippen LogP contribution in [-0.4, -0.2) is 13.6 Å². The van der Waals surface area contributed by atoms with E-state index in [1.807, 2.05) is 43.4 Å². The van der Waals surface area contributed by atoms with E-state index in [-0.39, 0.29) is 11.7 Å². The van der Waals surface area contributed by atoms with Crippen molar-refractivity contribution in [2.75, 3.05) is 13.6 Å². The van der Waals surface area contributed by atoms with E-state index in [1.54, 1.807) is 0 Å². The summed E-state index contributed by atoms with van der Waals surface area (Å²) >= 11 is 6.20. The maximum atomic E-state index is 13.0. The molecule has 3 heteroatoms. The highest BCUT2D eigenvalue weighted by Gasteiger charge is 2.13. The average Bonchev–Trinajstić information content (AvgIpc) is 2.42. The minimum Gasteiger partial charge on any atom is -0.319 e. The minimum absolute atomic E-state index is 0.204. The van der Waals surface area contributed by atoms with E-state index in [0.717, 1.165) is 29.1 Å². The van der Waals surface area contributed by atoms with Crippen LogP contribution in [0.5, 0.6) is 0 Å². The van der Waals surface area contributed by atoms with Crippen LogP contribution in [0.3, 0.4) is 0 Å². The summed E-state index contributed by atoms with van der Waals surface area (Å²) < 4.78 is 13.0. The number of halogens is 2. The van der Waals surface area contributed by atoms with Crippen LogP contribution in [0.15, 0.2) is 48.5 Å². The number of likely N-dealkylation sites (N-methyl/N-ethyl adjacent to an activating group) is 1. The Bertz CT molecular complexity index is 525. The molecule has 0 aliphatic carbocycles. The van der Waals surface area contributed by atoms with Crippen LogP contribution in [0.4, 0.5) is 4.39 Å². The first kappa shape index (κ1) is 14.0. The van der Waals surface area contributed by atoms with Crippen molar-refractivity contribution in [3.05, 3.63) is 70.5 Å². The Kier molecular flexibility index (Phi) is 4.94. The molecule has 0 bridgehead atoms. The molecular weight excluding hydrogens is 261 g/mol. The number of hydrogen-bond donors (Lipinski definition) is 1. The highest BCUT2D eigenvalue weighted by molar-refractivity contribution is 6.31. The quantitative estimate of drug-likeness (QED) is 0.870. The van der Waals surface area contributed by atoms with Gasteiger partial charge >= 0.3 is 0 Å². The monoisotopic (exact) mass is 277 g/mol. The maximum absolute atomic E-state index is 13.0. The second-order valence-electron chi connectivity index (χ2n) is 4.60. The van der Waals surface area contributed by atoms with Crippen molar-refractivity contribution < 1.29 is 4.39 Å². The average molecular weight is 278 g/mol. The lowest BCUT2D eigenvalue weighted by Gasteiger charge is -2.18. The Morgan fingerprint density at radius 1 is 1.11 bits per heavy atom. The van der Waals surface area contributed by atoms with Gasteiger partial charge in [-0.1, -0.05) is 41.9 Å². The van der Waals surface area contributed by atoms with Gasteiger partial charge in [0, 0.05) is 17.5 Å². The zero-order chi connectivity index (χ0) is 13.7. The Hall–Kier alpha value is -1.38. The van der Waals surface area contributed by atoms with E-state index >= 15 is 0 Å². The van der Waals surface area contributed by atoms with Crippen molar-refractivity contribution in [1.82, 2.24) is 5.32 Å². The number of nitrogens with one attached hydrogen (secondary N) is 1. The number of benzene rings is 2. The molecule has 0 aromatic heterocycles. The summed E-state index contributed by atoms with van der Waals surface area (Å²) in [4.78, 5) is 0. The molecule has 2 aromatic carbocycles. The summed E-state index contributed by atoms with van der Waals surface area (Å²) in [6, 6.07) is 14.5. The molecule has 2 rings (SSSR count). The standard InChI is InChI=1S/C16H17ClFN/c1-19-11-14(12-6-8-15(18)9-7-12)10-13-4-2-3-5-16(13)17/h2-9,14,19H,10-11H2,1H3. The summed E-state index contributed by atoms with van der Waals surface area (Å²) in [5.41, 5.74) is 2.24. The van der Waals surface area contributed by atoms with Gasteiger partial charge in [0.15, 0.2) is 0 Å². The number of hydrogen-bond acceptors (Lipinski definition) is 1. The molecule has 0 radical (unpaired) electrons. The molecule has 0 amide bonds. The van der Waals surface area contributed by atoms with Crippen molar-refractivity contribution in [3.8, 4) is 0 Å². The van der Waals surface area contributed by atoms with E-state index < -0.39 is 0 Å². The van der Waals surface area contributed by atoms with Crippen molar-refractivity contribution in [2.45, 2.75) is 12.3 Å². The van der Waals surface area contributed by atoms with Crippen molar-refractivity contribution >= 4 is 11.6 Å². The van der Waals surface area contributed by atoms with Crippen LogP contribution < -0.4 is 5.32 Å². The fraction of sp³-hybridized carbons (Fsp3) is 0.250. The third-order valence-electron chi connectivity index (χ3n) is 3.22. The van der Waals surface area contributed by atoms with Crippen molar-refractivity contribution in [2.24, 2.45) is 0 Å². The number of rotatable bonds is 5. The molecule has 0 heterocycles. The lowest BCUT2D eigenvalue weighted by molar-refractivity contribution is 0.611. The summed E-state index contributed by atoms with van der Waals surface area (Å²) in [5, 5.41) is 3.97. The van der Waals surface area contributed by atoms with Gasteiger partial charge in [-0.3, -0.25) is 0 Å². The maximum Gasteiger partial charge on any atom is 0.123 e. The predicted octanol–water partition coefficient (Wildman–Crippen LogP) is 4.02. The van der Waals surface area contributed by atoms with Crippen LogP contribution in [0.1, 0.15) is 17.0 Å². The molecule has 2 aromatic rings. The zero-order valence-corrected chi connectivity index (χ0v) is 11.6. The smallest absolute Gasteiger partial charge is 0.123 e. The fourth-order valence-corrected chi connectivity index (χ4v) is 2.43. The molecule has 0 fully saturated rings. The van der Waals surface area contributed by atoms with Crippen LogP contribution in [-0.2, 0) is 6.42 Å². The van der Waals surface area contributed by atoms with Gasteiger partial charge in [0.1, 0.15) is 5.82 Å². The largest absolute Gasteiger partial charge is 0.319 e. The van der Waals surface area contributed by atoms with E-state index in [2.05, 4.69) is 5.32 Å². The first-order valence-electron chi connectivity index (χ1n) is 6.34. The molecule has 0 saturated heterocycles. The highest BCUT2D eigenvalue weighted by atomic mass is 35.5. The molecule has 19 heavy (non-hydrogen) atoms. The lowest BCUT2D eigenvalue weighted by Crippen LogP contribution is -2.19. The third kappa shape index (κ3) is 3.79. The van der Waals surface area contributed by atoms with Crippen LogP contribution in [0.2, 0.25) is 5.02 Å². The lowest BCUT2D eigenvalue weighted by atomic mass is 9.92. The fourth-order valence-electron chi connectivity index (χ4n) is 2.22. The second-order valence-corrected chi connectivity index (χ2v) is 5.01. The van der Waals surface area contributed by atoms with Gasteiger partial charge < -0.3 is 5.32 Å². The summed E-state index contributed by atoms with van der Waals surface area (Å²) in [6.07, 6.45) is 0.839. The highest BCUT2D eigenvalue weighted by Crippen LogP contribution is 2.25. The van der Waals surface area contributed by atoms with Gasteiger partial charge in [-0.25, -0.2) is 4.39 Å². The van der Waals surface area contributed by atoms with Gasteiger partial charge in [0.2, 0.25) is 0 Å². The first-order valence-corrected chi connectivity index (χ1v) is 6.72. The molecule has 1 unspecified atom stereocenters. The minimum atomic E-state index is -0.204. The van der Waals surface area contributed by atoms with Gasteiger partial charge in [-0.15, -0.1) is 0 Å². The molecule has 0 aliphatic heterocycles.